The topological polar surface area (TPSA) is 38.0 Å². The van der Waals surface area contributed by atoms with Crippen LogP contribution in [0.25, 0.3) is 0 Å². The maximum atomic E-state index is 5.98. The highest BCUT2D eigenvalue weighted by Gasteiger charge is 2.33. The average Bonchev–Trinajstić information content (AvgIpc) is 2.30. The van der Waals surface area contributed by atoms with Crippen LogP contribution in [0, 0.1) is 0 Å². The molecule has 0 radical (unpaired) electrons. The van der Waals surface area contributed by atoms with Crippen LogP contribution < -0.4 is 11.1 Å². The lowest BCUT2D eigenvalue weighted by Crippen LogP contribution is -2.50. The van der Waals surface area contributed by atoms with Gasteiger partial charge in [-0.1, -0.05) is 31.2 Å². The van der Waals surface area contributed by atoms with Gasteiger partial charge in [0.05, 0.1) is 5.54 Å². The van der Waals surface area contributed by atoms with Crippen LogP contribution in [0.15, 0.2) is 24.3 Å². The molecule has 0 spiro atoms. The molecule has 3 N–H and O–H groups in total. The summed E-state index contributed by atoms with van der Waals surface area (Å²) in [6.07, 6.45) is 3.60. The predicted octanol–water partition coefficient (Wildman–Crippen LogP) is 1.79. The van der Waals surface area contributed by atoms with E-state index >= 15 is 0 Å². The van der Waals surface area contributed by atoms with Gasteiger partial charge in [-0.05, 0) is 36.9 Å². The normalized spacial score (nSPS) is 24.9. The van der Waals surface area contributed by atoms with E-state index in [9.17, 15) is 0 Å². The van der Waals surface area contributed by atoms with Gasteiger partial charge in [0.25, 0.3) is 0 Å². The zero-order valence-electron chi connectivity index (χ0n) is 9.42. The summed E-state index contributed by atoms with van der Waals surface area (Å²) in [6, 6.07) is 8.70. The summed E-state index contributed by atoms with van der Waals surface area (Å²) in [5.41, 5.74) is 8.89. The summed E-state index contributed by atoms with van der Waals surface area (Å²) in [5.74, 6) is 0. The number of hydrogen-bond donors (Lipinski definition) is 2. The van der Waals surface area contributed by atoms with Crippen molar-refractivity contribution in [3.63, 3.8) is 0 Å². The van der Waals surface area contributed by atoms with E-state index in [1.807, 2.05) is 0 Å². The van der Waals surface area contributed by atoms with Crippen LogP contribution >= 0.6 is 0 Å². The first-order chi connectivity index (χ1) is 7.32. The molecule has 2 nitrogen and oxygen atoms in total. The van der Waals surface area contributed by atoms with E-state index in [0.717, 1.165) is 13.0 Å². The molecule has 0 saturated carbocycles. The number of benzene rings is 1. The lowest BCUT2D eigenvalue weighted by atomic mass is 9.76. The highest BCUT2D eigenvalue weighted by atomic mass is 15.0. The fourth-order valence-electron chi connectivity index (χ4n) is 2.73. The first kappa shape index (κ1) is 10.7. The minimum Gasteiger partial charge on any atom is -0.328 e. The Hall–Kier alpha value is -0.860. The lowest BCUT2D eigenvalue weighted by molar-refractivity contribution is 0.299. The van der Waals surface area contributed by atoms with Gasteiger partial charge in [-0.3, -0.25) is 0 Å². The second-order valence-electron chi connectivity index (χ2n) is 4.33. The van der Waals surface area contributed by atoms with Crippen molar-refractivity contribution in [2.45, 2.75) is 31.7 Å². The maximum absolute atomic E-state index is 5.98. The van der Waals surface area contributed by atoms with Crippen molar-refractivity contribution >= 4 is 0 Å². The molecule has 15 heavy (non-hydrogen) atoms. The van der Waals surface area contributed by atoms with Crippen molar-refractivity contribution in [1.82, 2.24) is 5.32 Å². The molecular weight excluding hydrogens is 184 g/mol. The van der Waals surface area contributed by atoms with E-state index in [0.29, 0.717) is 6.54 Å². The Morgan fingerprint density at radius 1 is 1.40 bits per heavy atom. The SMILES string of the molecule is CCNC1(CN)CCCc2ccccc21. The average molecular weight is 204 g/mol. The van der Waals surface area contributed by atoms with Gasteiger partial charge in [-0.2, -0.15) is 0 Å². The predicted molar refractivity (Wildman–Crippen MR) is 63.8 cm³/mol. The largest absolute Gasteiger partial charge is 0.328 e. The van der Waals surface area contributed by atoms with Crippen LogP contribution in [0.2, 0.25) is 0 Å². The fraction of sp³-hybridized carbons (Fsp3) is 0.538. The second-order valence-corrected chi connectivity index (χ2v) is 4.33. The molecule has 0 bridgehead atoms. The van der Waals surface area contributed by atoms with Crippen LogP contribution in [0.1, 0.15) is 30.9 Å². The molecule has 1 unspecified atom stereocenters. The molecule has 0 heterocycles. The molecule has 0 saturated heterocycles. The second kappa shape index (κ2) is 4.33. The van der Waals surface area contributed by atoms with Crippen LogP contribution in [-0.4, -0.2) is 13.1 Å². The molecule has 0 fully saturated rings. The van der Waals surface area contributed by atoms with Gasteiger partial charge < -0.3 is 11.1 Å². The van der Waals surface area contributed by atoms with Crippen LogP contribution in [0.5, 0.6) is 0 Å². The molecule has 82 valence electrons. The summed E-state index contributed by atoms with van der Waals surface area (Å²) in [7, 11) is 0. The van der Waals surface area contributed by atoms with E-state index in [-0.39, 0.29) is 5.54 Å². The monoisotopic (exact) mass is 204 g/mol. The van der Waals surface area contributed by atoms with Crippen molar-refractivity contribution in [3.05, 3.63) is 35.4 Å². The molecule has 2 rings (SSSR count). The van der Waals surface area contributed by atoms with Gasteiger partial charge in [0.15, 0.2) is 0 Å². The van der Waals surface area contributed by atoms with Crippen molar-refractivity contribution in [1.29, 1.82) is 0 Å². The summed E-state index contributed by atoms with van der Waals surface area (Å²) in [6.45, 7) is 3.82. The Morgan fingerprint density at radius 2 is 2.20 bits per heavy atom. The number of nitrogens with two attached hydrogens (primary N) is 1. The maximum Gasteiger partial charge on any atom is 0.0561 e. The Morgan fingerprint density at radius 3 is 2.93 bits per heavy atom. The van der Waals surface area contributed by atoms with Crippen molar-refractivity contribution in [3.8, 4) is 0 Å². The Labute approximate surface area is 91.9 Å². The van der Waals surface area contributed by atoms with E-state index in [4.69, 9.17) is 5.73 Å². The number of rotatable bonds is 3. The number of aryl methyl sites for hydroxylation is 1. The van der Waals surface area contributed by atoms with Gasteiger partial charge in [-0.15, -0.1) is 0 Å². The first-order valence-corrected chi connectivity index (χ1v) is 5.86. The molecule has 1 aliphatic carbocycles. The fourth-order valence-corrected chi connectivity index (χ4v) is 2.73. The molecule has 0 aliphatic heterocycles. The smallest absolute Gasteiger partial charge is 0.0561 e. The first-order valence-electron chi connectivity index (χ1n) is 5.86. The highest BCUT2D eigenvalue weighted by molar-refractivity contribution is 5.36. The Kier molecular flexibility index (Phi) is 3.08. The zero-order chi connectivity index (χ0) is 10.7. The van der Waals surface area contributed by atoms with E-state index < -0.39 is 0 Å². The molecule has 1 aliphatic rings. The summed E-state index contributed by atoms with van der Waals surface area (Å²) in [4.78, 5) is 0. The lowest BCUT2D eigenvalue weighted by Gasteiger charge is -2.39. The molecule has 1 atom stereocenters. The Bertz CT molecular complexity index is 335. The third-order valence-electron chi connectivity index (χ3n) is 3.45. The number of likely N-dealkylation sites (N-methyl/N-ethyl adjacent to an activating group) is 1. The minimum absolute atomic E-state index is 0.0313. The van der Waals surface area contributed by atoms with Crippen LogP contribution in [0.3, 0.4) is 0 Å². The molecule has 1 aromatic rings. The summed E-state index contributed by atoms with van der Waals surface area (Å²) < 4.78 is 0. The molecule has 0 aromatic heterocycles. The van der Waals surface area contributed by atoms with E-state index in [1.165, 1.54) is 24.0 Å². The summed E-state index contributed by atoms with van der Waals surface area (Å²) >= 11 is 0. The van der Waals surface area contributed by atoms with Gasteiger partial charge in [0, 0.05) is 6.54 Å². The highest BCUT2D eigenvalue weighted by Crippen LogP contribution is 2.34. The molecule has 2 heteroatoms. The Balaban J connectivity index is 2.42. The van der Waals surface area contributed by atoms with Gasteiger partial charge in [0.2, 0.25) is 0 Å². The van der Waals surface area contributed by atoms with E-state index in [2.05, 4.69) is 36.5 Å². The quantitative estimate of drug-likeness (QED) is 0.787. The summed E-state index contributed by atoms with van der Waals surface area (Å²) in [5, 5.41) is 3.58. The molecular formula is C13H20N2. The van der Waals surface area contributed by atoms with Crippen molar-refractivity contribution < 1.29 is 0 Å². The van der Waals surface area contributed by atoms with Gasteiger partial charge in [0.1, 0.15) is 0 Å². The van der Waals surface area contributed by atoms with Crippen molar-refractivity contribution in [2.24, 2.45) is 5.73 Å². The number of hydrogen-bond acceptors (Lipinski definition) is 2. The third kappa shape index (κ3) is 1.80. The minimum atomic E-state index is 0.0313. The number of nitrogens with one attached hydrogen (secondary N) is 1. The third-order valence-corrected chi connectivity index (χ3v) is 3.45. The standard InChI is InChI=1S/C13H20N2/c1-2-15-13(10-14)9-5-7-11-6-3-4-8-12(11)13/h3-4,6,8,15H,2,5,7,9-10,14H2,1H3. The van der Waals surface area contributed by atoms with Crippen molar-refractivity contribution in [2.75, 3.05) is 13.1 Å². The zero-order valence-corrected chi connectivity index (χ0v) is 9.42. The van der Waals surface area contributed by atoms with Crippen LogP contribution in [0.4, 0.5) is 0 Å². The number of fused-ring (bicyclic) bond motifs is 1. The van der Waals surface area contributed by atoms with Gasteiger partial charge >= 0.3 is 0 Å². The van der Waals surface area contributed by atoms with E-state index in [1.54, 1.807) is 0 Å². The van der Waals surface area contributed by atoms with Crippen LogP contribution in [-0.2, 0) is 12.0 Å². The molecule has 1 aromatic carbocycles. The van der Waals surface area contributed by atoms with Gasteiger partial charge in [-0.25, -0.2) is 0 Å². The molecule has 0 amide bonds.